The van der Waals surface area contributed by atoms with Crippen molar-refractivity contribution in [3.8, 4) is 0 Å². The van der Waals surface area contributed by atoms with Crippen LogP contribution in [0.1, 0.15) is 31.5 Å². The van der Waals surface area contributed by atoms with Crippen molar-refractivity contribution in [2.75, 3.05) is 12.3 Å². The quantitative estimate of drug-likeness (QED) is 0.748. The molecule has 0 fully saturated rings. The first-order valence-corrected chi connectivity index (χ1v) is 5.22. The van der Waals surface area contributed by atoms with Crippen molar-refractivity contribution in [2.24, 2.45) is 0 Å². The molecular weight excluding hydrogens is 174 g/mol. The summed E-state index contributed by atoms with van der Waals surface area (Å²) in [5.41, 5.74) is 8.04. The van der Waals surface area contributed by atoms with E-state index in [4.69, 9.17) is 5.73 Å². The number of nitrogens with two attached hydrogens (primary N) is 1. The molecule has 3 nitrogen and oxygen atoms in total. The van der Waals surface area contributed by atoms with Gasteiger partial charge in [-0.2, -0.15) is 0 Å². The molecule has 0 aliphatic carbocycles. The number of anilines is 1. The highest BCUT2D eigenvalue weighted by atomic mass is 14.9. The summed E-state index contributed by atoms with van der Waals surface area (Å²) in [6.45, 7) is 6.09. The predicted octanol–water partition coefficient (Wildman–Crippen LogP) is 1.73. The van der Waals surface area contributed by atoms with Crippen LogP contribution in [-0.2, 0) is 13.0 Å². The number of aromatic nitrogens is 1. The minimum Gasteiger partial charge on any atom is -0.384 e. The smallest absolute Gasteiger partial charge is 0.123 e. The monoisotopic (exact) mass is 193 g/mol. The first-order chi connectivity index (χ1) is 6.76. The van der Waals surface area contributed by atoms with Gasteiger partial charge in [0.05, 0.1) is 0 Å². The second-order valence-electron chi connectivity index (χ2n) is 3.42. The van der Waals surface area contributed by atoms with Gasteiger partial charge in [-0.1, -0.05) is 20.3 Å². The molecule has 1 rings (SSSR count). The molecule has 0 saturated carbocycles. The Labute approximate surface area is 85.7 Å². The van der Waals surface area contributed by atoms with Crippen LogP contribution in [0.3, 0.4) is 0 Å². The van der Waals surface area contributed by atoms with Crippen molar-refractivity contribution in [1.82, 2.24) is 10.3 Å². The van der Waals surface area contributed by atoms with E-state index in [1.54, 1.807) is 0 Å². The summed E-state index contributed by atoms with van der Waals surface area (Å²) in [5, 5.41) is 3.28. The normalized spacial score (nSPS) is 10.4. The fourth-order valence-corrected chi connectivity index (χ4v) is 1.43. The molecule has 14 heavy (non-hydrogen) atoms. The molecule has 0 radical (unpaired) electrons. The fourth-order valence-electron chi connectivity index (χ4n) is 1.43. The van der Waals surface area contributed by atoms with E-state index in [-0.39, 0.29) is 0 Å². The van der Waals surface area contributed by atoms with E-state index in [0.717, 1.165) is 31.6 Å². The van der Waals surface area contributed by atoms with Gasteiger partial charge in [0.15, 0.2) is 0 Å². The number of aryl methyl sites for hydroxylation is 1. The first kappa shape index (κ1) is 11.0. The molecule has 0 atom stereocenters. The lowest BCUT2D eigenvalue weighted by Gasteiger charge is -2.06. The SMILES string of the molecule is CCCc1cc(CNCC)cc(N)n1. The second kappa shape index (κ2) is 5.60. The van der Waals surface area contributed by atoms with E-state index in [2.05, 4.69) is 30.2 Å². The van der Waals surface area contributed by atoms with Gasteiger partial charge in [-0.15, -0.1) is 0 Å². The second-order valence-corrected chi connectivity index (χ2v) is 3.42. The molecule has 0 amide bonds. The van der Waals surface area contributed by atoms with E-state index in [1.165, 1.54) is 5.56 Å². The van der Waals surface area contributed by atoms with E-state index < -0.39 is 0 Å². The maximum atomic E-state index is 5.72. The molecule has 0 bridgehead atoms. The van der Waals surface area contributed by atoms with Crippen LogP contribution < -0.4 is 11.1 Å². The third-order valence-corrected chi connectivity index (χ3v) is 2.04. The average Bonchev–Trinajstić information content (AvgIpc) is 2.14. The van der Waals surface area contributed by atoms with Crippen LogP contribution in [0.25, 0.3) is 0 Å². The number of nitrogens with one attached hydrogen (secondary N) is 1. The summed E-state index contributed by atoms with van der Waals surface area (Å²) in [5.74, 6) is 0.629. The topological polar surface area (TPSA) is 50.9 Å². The maximum Gasteiger partial charge on any atom is 0.123 e. The minimum absolute atomic E-state index is 0.629. The highest BCUT2D eigenvalue weighted by Crippen LogP contribution is 2.09. The molecule has 0 aliphatic rings. The van der Waals surface area contributed by atoms with Crippen LogP contribution in [0.15, 0.2) is 12.1 Å². The summed E-state index contributed by atoms with van der Waals surface area (Å²) in [7, 11) is 0. The van der Waals surface area contributed by atoms with Crippen LogP contribution in [0, 0.1) is 0 Å². The third-order valence-electron chi connectivity index (χ3n) is 2.04. The average molecular weight is 193 g/mol. The zero-order valence-electron chi connectivity index (χ0n) is 9.01. The van der Waals surface area contributed by atoms with Crippen LogP contribution >= 0.6 is 0 Å². The Morgan fingerprint density at radius 2 is 2.14 bits per heavy atom. The molecule has 3 heteroatoms. The van der Waals surface area contributed by atoms with E-state index in [0.29, 0.717) is 5.82 Å². The van der Waals surface area contributed by atoms with Crippen molar-refractivity contribution in [3.05, 3.63) is 23.4 Å². The maximum absolute atomic E-state index is 5.72. The highest BCUT2D eigenvalue weighted by molar-refractivity contribution is 5.34. The van der Waals surface area contributed by atoms with Crippen LogP contribution in [0.4, 0.5) is 5.82 Å². The predicted molar refractivity (Wildman–Crippen MR) is 60.0 cm³/mol. The largest absolute Gasteiger partial charge is 0.384 e. The summed E-state index contributed by atoms with van der Waals surface area (Å²) < 4.78 is 0. The number of pyridine rings is 1. The molecule has 3 N–H and O–H groups in total. The van der Waals surface area contributed by atoms with Crippen molar-refractivity contribution >= 4 is 5.82 Å². The van der Waals surface area contributed by atoms with Crippen LogP contribution in [-0.4, -0.2) is 11.5 Å². The molecule has 1 aromatic rings. The Morgan fingerprint density at radius 3 is 2.79 bits per heavy atom. The molecule has 0 aliphatic heterocycles. The van der Waals surface area contributed by atoms with Gasteiger partial charge in [-0.3, -0.25) is 0 Å². The number of nitrogen functional groups attached to an aromatic ring is 1. The van der Waals surface area contributed by atoms with Gasteiger partial charge >= 0.3 is 0 Å². The van der Waals surface area contributed by atoms with E-state index in [9.17, 15) is 0 Å². The summed E-state index contributed by atoms with van der Waals surface area (Å²) in [6, 6.07) is 4.06. The molecule has 1 heterocycles. The van der Waals surface area contributed by atoms with Crippen molar-refractivity contribution in [1.29, 1.82) is 0 Å². The van der Waals surface area contributed by atoms with Crippen LogP contribution in [0.2, 0.25) is 0 Å². The molecule has 0 unspecified atom stereocenters. The Bertz CT molecular complexity index is 284. The highest BCUT2D eigenvalue weighted by Gasteiger charge is 1.99. The molecule has 0 spiro atoms. The lowest BCUT2D eigenvalue weighted by molar-refractivity contribution is 0.723. The van der Waals surface area contributed by atoms with Crippen molar-refractivity contribution < 1.29 is 0 Å². The summed E-state index contributed by atoms with van der Waals surface area (Å²) >= 11 is 0. The van der Waals surface area contributed by atoms with Gasteiger partial charge in [0.2, 0.25) is 0 Å². The third kappa shape index (κ3) is 3.34. The minimum atomic E-state index is 0.629. The van der Waals surface area contributed by atoms with Gasteiger partial charge in [0, 0.05) is 12.2 Å². The Kier molecular flexibility index (Phi) is 4.40. The van der Waals surface area contributed by atoms with E-state index in [1.807, 2.05) is 6.07 Å². The van der Waals surface area contributed by atoms with Crippen molar-refractivity contribution in [3.63, 3.8) is 0 Å². The molecule has 78 valence electrons. The van der Waals surface area contributed by atoms with Gasteiger partial charge in [0.25, 0.3) is 0 Å². The summed E-state index contributed by atoms with van der Waals surface area (Å²) in [4.78, 5) is 4.28. The van der Waals surface area contributed by atoms with Crippen LogP contribution in [0.5, 0.6) is 0 Å². The van der Waals surface area contributed by atoms with E-state index >= 15 is 0 Å². The standard InChI is InChI=1S/C11H19N3/c1-3-5-10-6-9(8-13-4-2)7-11(12)14-10/h6-7,13H,3-5,8H2,1-2H3,(H2,12,14). The zero-order chi connectivity index (χ0) is 10.4. The number of rotatable bonds is 5. The Hall–Kier alpha value is -1.09. The first-order valence-electron chi connectivity index (χ1n) is 5.22. The Balaban J connectivity index is 2.73. The molecular formula is C11H19N3. The number of hydrogen-bond acceptors (Lipinski definition) is 3. The van der Waals surface area contributed by atoms with Gasteiger partial charge in [0.1, 0.15) is 5.82 Å². The molecule has 1 aromatic heterocycles. The summed E-state index contributed by atoms with van der Waals surface area (Å²) in [6.07, 6.45) is 2.11. The fraction of sp³-hybridized carbons (Fsp3) is 0.545. The number of nitrogens with zero attached hydrogens (tertiary/aromatic N) is 1. The number of hydrogen-bond donors (Lipinski definition) is 2. The molecule has 0 aromatic carbocycles. The van der Waals surface area contributed by atoms with Crippen molar-refractivity contribution in [2.45, 2.75) is 33.2 Å². The lowest BCUT2D eigenvalue weighted by Crippen LogP contribution is -2.12. The molecule has 0 saturated heterocycles. The Morgan fingerprint density at radius 1 is 1.36 bits per heavy atom. The lowest BCUT2D eigenvalue weighted by atomic mass is 10.1. The van der Waals surface area contributed by atoms with Gasteiger partial charge in [-0.25, -0.2) is 4.98 Å². The zero-order valence-corrected chi connectivity index (χ0v) is 9.01. The van der Waals surface area contributed by atoms with Gasteiger partial charge < -0.3 is 11.1 Å². The van der Waals surface area contributed by atoms with Gasteiger partial charge in [-0.05, 0) is 30.7 Å².